The molecule has 0 radical (unpaired) electrons. The SMILES string of the molecule is CC(C)(C)C1CCOC(c2ccc(F)cc2Cl)CN1. The normalized spacial score (nSPS) is 25.1. The molecule has 0 saturated carbocycles. The van der Waals surface area contributed by atoms with Crippen molar-refractivity contribution in [2.24, 2.45) is 5.41 Å². The van der Waals surface area contributed by atoms with E-state index in [0.717, 1.165) is 12.0 Å². The second-order valence-corrected chi connectivity index (χ2v) is 6.55. The van der Waals surface area contributed by atoms with Crippen molar-refractivity contribution in [3.63, 3.8) is 0 Å². The van der Waals surface area contributed by atoms with E-state index in [9.17, 15) is 4.39 Å². The van der Waals surface area contributed by atoms with E-state index in [2.05, 4.69) is 26.1 Å². The molecule has 1 aliphatic heterocycles. The molecule has 1 saturated heterocycles. The summed E-state index contributed by atoms with van der Waals surface area (Å²) < 4.78 is 18.9. The molecule has 0 bridgehead atoms. The zero-order valence-electron chi connectivity index (χ0n) is 11.7. The highest BCUT2D eigenvalue weighted by Gasteiger charge is 2.28. The Hall–Kier alpha value is -0.640. The summed E-state index contributed by atoms with van der Waals surface area (Å²) >= 11 is 6.09. The first-order chi connectivity index (χ1) is 8.88. The van der Waals surface area contributed by atoms with Crippen LogP contribution in [0.2, 0.25) is 5.02 Å². The monoisotopic (exact) mass is 285 g/mol. The predicted octanol–water partition coefficient (Wildman–Crippen LogP) is 3.94. The van der Waals surface area contributed by atoms with E-state index < -0.39 is 0 Å². The van der Waals surface area contributed by atoms with Gasteiger partial charge in [0.15, 0.2) is 0 Å². The topological polar surface area (TPSA) is 21.3 Å². The van der Waals surface area contributed by atoms with E-state index >= 15 is 0 Å². The summed E-state index contributed by atoms with van der Waals surface area (Å²) in [6.45, 7) is 8.04. The van der Waals surface area contributed by atoms with Gasteiger partial charge in [0.2, 0.25) is 0 Å². The molecule has 1 fully saturated rings. The highest BCUT2D eigenvalue weighted by atomic mass is 35.5. The summed E-state index contributed by atoms with van der Waals surface area (Å²) in [5.41, 5.74) is 1.05. The van der Waals surface area contributed by atoms with Gasteiger partial charge in [-0.15, -0.1) is 0 Å². The van der Waals surface area contributed by atoms with Crippen LogP contribution in [0.25, 0.3) is 0 Å². The largest absolute Gasteiger partial charge is 0.372 e. The Morgan fingerprint density at radius 1 is 1.37 bits per heavy atom. The molecule has 1 N–H and O–H groups in total. The van der Waals surface area contributed by atoms with Gasteiger partial charge in [-0.05, 0) is 24.0 Å². The smallest absolute Gasteiger partial charge is 0.124 e. The molecule has 1 aromatic carbocycles. The number of rotatable bonds is 1. The summed E-state index contributed by atoms with van der Waals surface area (Å²) in [5.74, 6) is -0.317. The molecule has 2 rings (SSSR count). The van der Waals surface area contributed by atoms with Crippen LogP contribution in [-0.2, 0) is 4.74 Å². The first-order valence-electron chi connectivity index (χ1n) is 6.68. The molecular weight excluding hydrogens is 265 g/mol. The van der Waals surface area contributed by atoms with Crippen LogP contribution in [0.5, 0.6) is 0 Å². The molecule has 1 aliphatic rings. The zero-order valence-corrected chi connectivity index (χ0v) is 12.4. The zero-order chi connectivity index (χ0) is 14.0. The Bertz CT molecular complexity index is 444. The molecule has 106 valence electrons. The van der Waals surface area contributed by atoms with Crippen molar-refractivity contribution in [3.05, 3.63) is 34.6 Å². The van der Waals surface area contributed by atoms with E-state index in [1.54, 1.807) is 6.07 Å². The second kappa shape index (κ2) is 5.78. The maximum atomic E-state index is 13.1. The van der Waals surface area contributed by atoms with Gasteiger partial charge in [-0.1, -0.05) is 38.4 Å². The lowest BCUT2D eigenvalue weighted by Crippen LogP contribution is -2.40. The molecule has 1 heterocycles. The van der Waals surface area contributed by atoms with Crippen molar-refractivity contribution < 1.29 is 9.13 Å². The van der Waals surface area contributed by atoms with Gasteiger partial charge in [-0.3, -0.25) is 0 Å². The minimum Gasteiger partial charge on any atom is -0.372 e. The van der Waals surface area contributed by atoms with Gasteiger partial charge >= 0.3 is 0 Å². The Balaban J connectivity index is 2.11. The Labute approximate surface area is 119 Å². The van der Waals surface area contributed by atoms with Crippen molar-refractivity contribution in [3.8, 4) is 0 Å². The third-order valence-corrected chi connectivity index (χ3v) is 3.96. The predicted molar refractivity (Wildman–Crippen MR) is 76.0 cm³/mol. The molecule has 1 aromatic rings. The molecule has 19 heavy (non-hydrogen) atoms. The van der Waals surface area contributed by atoms with Gasteiger partial charge in [0.05, 0.1) is 6.10 Å². The summed E-state index contributed by atoms with van der Waals surface area (Å²) in [4.78, 5) is 0. The minimum absolute atomic E-state index is 0.111. The average Bonchev–Trinajstić information content (AvgIpc) is 2.54. The third-order valence-electron chi connectivity index (χ3n) is 3.63. The van der Waals surface area contributed by atoms with E-state index in [4.69, 9.17) is 16.3 Å². The van der Waals surface area contributed by atoms with Gasteiger partial charge in [0.25, 0.3) is 0 Å². The fraction of sp³-hybridized carbons (Fsp3) is 0.600. The lowest BCUT2D eigenvalue weighted by atomic mass is 9.85. The van der Waals surface area contributed by atoms with Crippen LogP contribution < -0.4 is 5.32 Å². The van der Waals surface area contributed by atoms with Crippen LogP contribution in [0.1, 0.15) is 38.9 Å². The number of benzene rings is 1. The van der Waals surface area contributed by atoms with Gasteiger partial charge in [0, 0.05) is 29.8 Å². The molecule has 0 amide bonds. The van der Waals surface area contributed by atoms with Crippen molar-refractivity contribution in [2.75, 3.05) is 13.2 Å². The molecule has 2 nitrogen and oxygen atoms in total. The molecular formula is C15H21ClFNO. The summed E-state index contributed by atoms with van der Waals surface area (Å²) in [5, 5.41) is 3.97. The fourth-order valence-electron chi connectivity index (χ4n) is 2.44. The van der Waals surface area contributed by atoms with Gasteiger partial charge in [-0.2, -0.15) is 0 Å². The minimum atomic E-state index is -0.317. The van der Waals surface area contributed by atoms with Crippen LogP contribution in [0.3, 0.4) is 0 Å². The highest BCUT2D eigenvalue weighted by Crippen LogP contribution is 2.30. The summed E-state index contributed by atoms with van der Waals surface area (Å²) in [6, 6.07) is 4.89. The highest BCUT2D eigenvalue weighted by molar-refractivity contribution is 6.31. The maximum Gasteiger partial charge on any atom is 0.124 e. The number of nitrogens with one attached hydrogen (secondary N) is 1. The van der Waals surface area contributed by atoms with Crippen LogP contribution in [0.15, 0.2) is 18.2 Å². The Morgan fingerprint density at radius 3 is 2.74 bits per heavy atom. The third kappa shape index (κ3) is 3.68. The Kier molecular flexibility index (Phi) is 4.49. The fourth-order valence-corrected chi connectivity index (χ4v) is 2.73. The first kappa shape index (κ1) is 14.8. The second-order valence-electron chi connectivity index (χ2n) is 6.14. The average molecular weight is 286 g/mol. The van der Waals surface area contributed by atoms with Crippen LogP contribution in [0, 0.1) is 11.2 Å². The molecule has 0 spiro atoms. The number of hydrogen-bond donors (Lipinski definition) is 1. The van der Waals surface area contributed by atoms with E-state index in [-0.39, 0.29) is 17.3 Å². The lowest BCUT2D eigenvalue weighted by Gasteiger charge is -2.30. The molecule has 0 aliphatic carbocycles. The van der Waals surface area contributed by atoms with Gasteiger partial charge in [0.1, 0.15) is 5.82 Å². The van der Waals surface area contributed by atoms with E-state index in [1.165, 1.54) is 12.1 Å². The van der Waals surface area contributed by atoms with Crippen molar-refractivity contribution >= 4 is 11.6 Å². The van der Waals surface area contributed by atoms with Crippen LogP contribution in [-0.4, -0.2) is 19.2 Å². The van der Waals surface area contributed by atoms with Crippen LogP contribution >= 0.6 is 11.6 Å². The number of ether oxygens (including phenoxy) is 1. The number of halogens is 2. The van der Waals surface area contributed by atoms with Crippen molar-refractivity contribution in [1.29, 1.82) is 0 Å². The van der Waals surface area contributed by atoms with Crippen molar-refractivity contribution in [1.82, 2.24) is 5.32 Å². The van der Waals surface area contributed by atoms with Gasteiger partial charge in [-0.25, -0.2) is 4.39 Å². The molecule has 2 unspecified atom stereocenters. The number of hydrogen-bond acceptors (Lipinski definition) is 2. The first-order valence-corrected chi connectivity index (χ1v) is 7.05. The maximum absolute atomic E-state index is 13.1. The molecule has 0 aromatic heterocycles. The van der Waals surface area contributed by atoms with Crippen LogP contribution in [0.4, 0.5) is 4.39 Å². The molecule has 2 atom stereocenters. The van der Waals surface area contributed by atoms with E-state index in [1.807, 2.05) is 0 Å². The van der Waals surface area contributed by atoms with Gasteiger partial charge < -0.3 is 10.1 Å². The van der Waals surface area contributed by atoms with Crippen molar-refractivity contribution in [2.45, 2.75) is 39.3 Å². The molecule has 4 heteroatoms. The standard InChI is InChI=1S/C15H21ClFNO/c1-15(2,3)14-6-7-19-13(9-18-14)11-5-4-10(17)8-12(11)16/h4-5,8,13-14,18H,6-7,9H2,1-3H3. The Morgan fingerprint density at radius 2 is 2.11 bits per heavy atom. The summed E-state index contributed by atoms with van der Waals surface area (Å²) in [6.07, 6.45) is 0.860. The summed E-state index contributed by atoms with van der Waals surface area (Å²) in [7, 11) is 0. The van der Waals surface area contributed by atoms with E-state index in [0.29, 0.717) is 24.2 Å². The quantitative estimate of drug-likeness (QED) is 0.844. The lowest BCUT2D eigenvalue weighted by molar-refractivity contribution is 0.0654.